The topological polar surface area (TPSA) is 41.1 Å². The molecule has 1 amide bonds. The lowest BCUT2D eigenvalue weighted by molar-refractivity contribution is 0.0950. The lowest BCUT2D eigenvalue weighted by atomic mass is 10.1. The second kappa shape index (κ2) is 6.92. The van der Waals surface area contributed by atoms with Gasteiger partial charge < -0.3 is 10.6 Å². The van der Waals surface area contributed by atoms with Crippen molar-refractivity contribution < 1.29 is 13.6 Å². The Hall–Kier alpha value is -1.30. The van der Waals surface area contributed by atoms with E-state index < -0.39 is 17.5 Å². The Labute approximate surface area is 122 Å². The van der Waals surface area contributed by atoms with Crippen LogP contribution in [0.25, 0.3) is 0 Å². The first-order valence-electron chi connectivity index (χ1n) is 6.37. The van der Waals surface area contributed by atoms with Gasteiger partial charge in [-0.2, -0.15) is 11.8 Å². The minimum Gasteiger partial charge on any atom is -0.381 e. The number of hydrogen-bond donors (Lipinski definition) is 2. The summed E-state index contributed by atoms with van der Waals surface area (Å²) in [5.74, 6) is -2.00. The second-order valence-corrected chi connectivity index (χ2v) is 6.51. The summed E-state index contributed by atoms with van der Waals surface area (Å²) in [6.45, 7) is 6.53. The fraction of sp³-hybridized carbons (Fsp3) is 0.500. The van der Waals surface area contributed by atoms with Crippen LogP contribution in [0, 0.1) is 11.6 Å². The average Bonchev–Trinajstić information content (AvgIpc) is 2.40. The number of hydrogen-bond acceptors (Lipinski definition) is 3. The van der Waals surface area contributed by atoms with E-state index >= 15 is 0 Å². The third kappa shape index (κ3) is 4.37. The molecule has 0 bridgehead atoms. The Morgan fingerprint density at radius 3 is 2.30 bits per heavy atom. The van der Waals surface area contributed by atoms with Crippen LogP contribution in [-0.2, 0) is 0 Å². The molecule has 0 saturated carbocycles. The molecule has 0 atom stereocenters. The summed E-state index contributed by atoms with van der Waals surface area (Å²) in [4.78, 5) is 11.9. The van der Waals surface area contributed by atoms with Gasteiger partial charge in [-0.3, -0.25) is 4.79 Å². The summed E-state index contributed by atoms with van der Waals surface area (Å²) in [5, 5.41) is 5.27. The molecule has 0 heterocycles. The highest BCUT2D eigenvalue weighted by Gasteiger charge is 2.19. The molecule has 1 rings (SSSR count). The van der Waals surface area contributed by atoms with Gasteiger partial charge in [-0.25, -0.2) is 8.78 Å². The Bertz CT molecular complexity index is 469. The van der Waals surface area contributed by atoms with E-state index in [-0.39, 0.29) is 16.0 Å². The molecule has 0 unspecified atom stereocenters. The van der Waals surface area contributed by atoms with Gasteiger partial charge in [-0.05, 0) is 39.2 Å². The van der Waals surface area contributed by atoms with Crippen LogP contribution in [0.4, 0.5) is 14.5 Å². The van der Waals surface area contributed by atoms with E-state index in [2.05, 4.69) is 10.6 Å². The minimum absolute atomic E-state index is 0.0152. The normalized spacial score (nSPS) is 11.3. The lowest BCUT2D eigenvalue weighted by Gasteiger charge is -2.22. The van der Waals surface area contributed by atoms with Gasteiger partial charge in [0.05, 0.1) is 0 Å². The maximum absolute atomic E-state index is 13.7. The van der Waals surface area contributed by atoms with Crippen molar-refractivity contribution in [3.8, 4) is 0 Å². The van der Waals surface area contributed by atoms with Gasteiger partial charge in [-0.15, -0.1) is 0 Å². The molecule has 112 valence electrons. The minimum atomic E-state index is -0.763. The van der Waals surface area contributed by atoms with Crippen LogP contribution in [0.1, 0.15) is 31.1 Å². The predicted molar refractivity (Wildman–Crippen MR) is 80.4 cm³/mol. The highest BCUT2D eigenvalue weighted by atomic mass is 32.2. The standard InChI is InChI=1S/C14H20F2N2OS/c1-5-17-12-10(15)6-9(7-11(12)16)13(19)18-8-14(2,3)20-4/h6-7,17H,5,8H2,1-4H3,(H,18,19). The Morgan fingerprint density at radius 1 is 1.30 bits per heavy atom. The van der Waals surface area contributed by atoms with Crippen LogP contribution in [0.5, 0.6) is 0 Å². The van der Waals surface area contributed by atoms with E-state index in [1.807, 2.05) is 20.1 Å². The number of thioether (sulfide) groups is 1. The molecule has 0 aliphatic rings. The van der Waals surface area contributed by atoms with Crippen molar-refractivity contribution in [1.29, 1.82) is 0 Å². The molecule has 20 heavy (non-hydrogen) atoms. The number of carbonyl (C=O) groups excluding carboxylic acids is 1. The molecule has 0 fully saturated rings. The van der Waals surface area contributed by atoms with Crippen molar-refractivity contribution >= 4 is 23.4 Å². The van der Waals surface area contributed by atoms with Gasteiger partial charge in [0.1, 0.15) is 17.3 Å². The molecule has 1 aromatic carbocycles. The number of carbonyl (C=O) groups is 1. The summed E-state index contributed by atoms with van der Waals surface area (Å²) >= 11 is 1.61. The van der Waals surface area contributed by atoms with Gasteiger partial charge in [-0.1, -0.05) is 0 Å². The summed E-state index contributed by atoms with van der Waals surface area (Å²) in [6.07, 6.45) is 1.94. The van der Waals surface area contributed by atoms with Crippen LogP contribution in [0.2, 0.25) is 0 Å². The highest BCUT2D eigenvalue weighted by molar-refractivity contribution is 7.99. The van der Waals surface area contributed by atoms with E-state index in [1.165, 1.54) is 0 Å². The third-order valence-electron chi connectivity index (χ3n) is 2.89. The molecule has 1 aromatic rings. The molecule has 2 N–H and O–H groups in total. The smallest absolute Gasteiger partial charge is 0.251 e. The van der Waals surface area contributed by atoms with Gasteiger partial charge in [0.2, 0.25) is 0 Å². The van der Waals surface area contributed by atoms with Gasteiger partial charge in [0.15, 0.2) is 0 Å². The molecular formula is C14H20F2N2OS. The highest BCUT2D eigenvalue weighted by Crippen LogP contribution is 2.22. The van der Waals surface area contributed by atoms with Gasteiger partial charge >= 0.3 is 0 Å². The summed E-state index contributed by atoms with van der Waals surface area (Å²) < 4.78 is 27.3. The number of anilines is 1. The molecule has 6 heteroatoms. The number of nitrogens with one attached hydrogen (secondary N) is 2. The zero-order chi connectivity index (χ0) is 15.3. The first-order chi connectivity index (χ1) is 9.30. The van der Waals surface area contributed by atoms with Crippen molar-refractivity contribution in [2.24, 2.45) is 0 Å². The van der Waals surface area contributed by atoms with Crippen molar-refractivity contribution in [2.75, 3.05) is 24.7 Å². The van der Waals surface area contributed by atoms with E-state index in [0.717, 1.165) is 12.1 Å². The summed E-state index contributed by atoms with van der Waals surface area (Å²) in [7, 11) is 0. The first kappa shape index (κ1) is 16.8. The summed E-state index contributed by atoms with van der Waals surface area (Å²) in [6, 6.07) is 2.09. The maximum atomic E-state index is 13.7. The molecule has 0 aromatic heterocycles. The molecule has 0 aliphatic carbocycles. The fourth-order valence-corrected chi connectivity index (χ4v) is 1.73. The lowest BCUT2D eigenvalue weighted by Crippen LogP contribution is -2.36. The number of rotatable bonds is 6. The molecule has 0 aliphatic heterocycles. The Kier molecular flexibility index (Phi) is 5.80. The largest absolute Gasteiger partial charge is 0.381 e. The second-order valence-electron chi connectivity index (χ2n) is 4.99. The third-order valence-corrected chi connectivity index (χ3v) is 4.13. The van der Waals surface area contributed by atoms with Crippen molar-refractivity contribution in [3.63, 3.8) is 0 Å². The molecule has 3 nitrogen and oxygen atoms in total. The van der Waals surface area contributed by atoms with Gasteiger partial charge in [0, 0.05) is 23.4 Å². The van der Waals surface area contributed by atoms with Crippen LogP contribution >= 0.6 is 11.8 Å². The Morgan fingerprint density at radius 2 is 1.85 bits per heavy atom. The Balaban J connectivity index is 2.84. The monoisotopic (exact) mass is 302 g/mol. The van der Waals surface area contributed by atoms with Crippen LogP contribution in [-0.4, -0.2) is 30.0 Å². The van der Waals surface area contributed by atoms with E-state index in [9.17, 15) is 13.6 Å². The van der Waals surface area contributed by atoms with E-state index in [4.69, 9.17) is 0 Å². The van der Waals surface area contributed by atoms with Crippen molar-refractivity contribution in [2.45, 2.75) is 25.5 Å². The number of halogens is 2. The zero-order valence-electron chi connectivity index (χ0n) is 12.1. The van der Waals surface area contributed by atoms with E-state index in [1.54, 1.807) is 18.7 Å². The van der Waals surface area contributed by atoms with Crippen molar-refractivity contribution in [1.82, 2.24) is 5.32 Å². The summed E-state index contributed by atoms with van der Waals surface area (Å²) in [5.41, 5.74) is -0.216. The number of benzene rings is 1. The molecule has 0 radical (unpaired) electrons. The van der Waals surface area contributed by atoms with Crippen LogP contribution < -0.4 is 10.6 Å². The van der Waals surface area contributed by atoms with Gasteiger partial charge in [0.25, 0.3) is 5.91 Å². The maximum Gasteiger partial charge on any atom is 0.251 e. The van der Waals surface area contributed by atoms with E-state index in [0.29, 0.717) is 13.1 Å². The van der Waals surface area contributed by atoms with Crippen LogP contribution in [0.15, 0.2) is 12.1 Å². The average molecular weight is 302 g/mol. The van der Waals surface area contributed by atoms with Crippen molar-refractivity contribution in [3.05, 3.63) is 29.3 Å². The molecular weight excluding hydrogens is 282 g/mol. The fourth-order valence-electron chi connectivity index (χ4n) is 1.52. The molecule has 0 saturated heterocycles. The SMILES string of the molecule is CCNc1c(F)cc(C(=O)NCC(C)(C)SC)cc1F. The first-order valence-corrected chi connectivity index (χ1v) is 7.59. The van der Waals surface area contributed by atoms with Crippen LogP contribution in [0.3, 0.4) is 0 Å². The predicted octanol–water partition coefficient (Wildman–Crippen LogP) is 3.27. The zero-order valence-corrected chi connectivity index (χ0v) is 13.0. The number of amides is 1. The quantitative estimate of drug-likeness (QED) is 0.847. The molecule has 0 spiro atoms.